The second kappa shape index (κ2) is 8.96. The summed E-state index contributed by atoms with van der Waals surface area (Å²) in [5, 5.41) is 3.14. The molecular formula is C13H28IN3O. The van der Waals surface area contributed by atoms with E-state index in [4.69, 9.17) is 10.5 Å². The van der Waals surface area contributed by atoms with Crippen molar-refractivity contribution in [3.05, 3.63) is 0 Å². The summed E-state index contributed by atoms with van der Waals surface area (Å²) in [6.07, 6.45) is 6.57. The van der Waals surface area contributed by atoms with Gasteiger partial charge in [0, 0.05) is 18.7 Å². The van der Waals surface area contributed by atoms with Crippen LogP contribution in [0.2, 0.25) is 0 Å². The highest BCUT2D eigenvalue weighted by Crippen LogP contribution is 2.20. The van der Waals surface area contributed by atoms with Crippen molar-refractivity contribution in [1.82, 2.24) is 5.32 Å². The summed E-state index contributed by atoms with van der Waals surface area (Å²) in [5.74, 6) is 0.526. The Balaban J connectivity index is 0.00000289. The molecule has 0 heterocycles. The van der Waals surface area contributed by atoms with Crippen LogP contribution in [0.3, 0.4) is 0 Å². The molecule has 0 amide bonds. The Hall–Kier alpha value is -0.0400. The van der Waals surface area contributed by atoms with Gasteiger partial charge in [0.1, 0.15) is 0 Å². The third-order valence-electron chi connectivity index (χ3n) is 2.74. The van der Waals surface area contributed by atoms with E-state index in [1.54, 1.807) is 0 Å². The fourth-order valence-electron chi connectivity index (χ4n) is 1.99. The number of rotatable bonds is 5. The van der Waals surface area contributed by atoms with E-state index in [-0.39, 0.29) is 29.5 Å². The average molecular weight is 369 g/mol. The number of halogens is 1. The Bertz CT molecular complexity index is 245. The Labute approximate surface area is 128 Å². The van der Waals surface area contributed by atoms with Crippen molar-refractivity contribution in [3.63, 3.8) is 0 Å². The normalized spacial score (nSPS) is 17.6. The van der Waals surface area contributed by atoms with Crippen LogP contribution in [-0.2, 0) is 4.74 Å². The number of aliphatic imine (C=N–C) groups is 1. The second-order valence-electron chi connectivity index (χ2n) is 5.77. The van der Waals surface area contributed by atoms with Crippen LogP contribution in [0.25, 0.3) is 0 Å². The molecule has 0 spiro atoms. The van der Waals surface area contributed by atoms with Gasteiger partial charge in [0.2, 0.25) is 0 Å². The van der Waals surface area contributed by atoms with Crippen LogP contribution < -0.4 is 11.1 Å². The first-order chi connectivity index (χ1) is 7.97. The van der Waals surface area contributed by atoms with Gasteiger partial charge in [0.15, 0.2) is 5.96 Å². The van der Waals surface area contributed by atoms with Gasteiger partial charge in [-0.25, -0.2) is 0 Å². The molecule has 108 valence electrons. The van der Waals surface area contributed by atoms with Gasteiger partial charge in [-0.3, -0.25) is 4.99 Å². The molecule has 18 heavy (non-hydrogen) atoms. The second-order valence-corrected chi connectivity index (χ2v) is 5.77. The summed E-state index contributed by atoms with van der Waals surface area (Å²) < 4.78 is 5.76. The molecule has 0 radical (unpaired) electrons. The predicted molar refractivity (Wildman–Crippen MR) is 87.6 cm³/mol. The monoisotopic (exact) mass is 369 g/mol. The number of hydrogen-bond acceptors (Lipinski definition) is 2. The van der Waals surface area contributed by atoms with Crippen molar-refractivity contribution in [2.75, 3.05) is 13.2 Å². The molecule has 1 saturated carbocycles. The van der Waals surface area contributed by atoms with Crippen LogP contribution in [0.4, 0.5) is 0 Å². The van der Waals surface area contributed by atoms with Crippen molar-refractivity contribution in [1.29, 1.82) is 0 Å². The van der Waals surface area contributed by atoms with E-state index >= 15 is 0 Å². The van der Waals surface area contributed by atoms with Crippen LogP contribution in [0.5, 0.6) is 0 Å². The van der Waals surface area contributed by atoms with E-state index in [9.17, 15) is 0 Å². The summed E-state index contributed by atoms with van der Waals surface area (Å²) in [6.45, 7) is 7.74. The molecule has 1 rings (SSSR count). The fraction of sp³-hybridized carbons (Fsp3) is 0.923. The summed E-state index contributed by atoms with van der Waals surface area (Å²) in [6, 6.07) is 0. The molecule has 0 bridgehead atoms. The number of nitrogens with zero attached hydrogens (tertiary/aromatic N) is 1. The van der Waals surface area contributed by atoms with E-state index in [0.29, 0.717) is 12.1 Å². The summed E-state index contributed by atoms with van der Waals surface area (Å²) in [4.78, 5) is 4.28. The minimum absolute atomic E-state index is 0. The predicted octanol–water partition coefficient (Wildman–Crippen LogP) is 2.66. The van der Waals surface area contributed by atoms with Gasteiger partial charge in [0.25, 0.3) is 0 Å². The SMILES string of the molecule is CC(C)(C)NC(N)=NCCCOC1CCCC1.I. The summed E-state index contributed by atoms with van der Waals surface area (Å²) in [5.41, 5.74) is 5.74. The van der Waals surface area contributed by atoms with Crippen LogP contribution in [-0.4, -0.2) is 30.8 Å². The van der Waals surface area contributed by atoms with Crippen molar-refractivity contribution in [2.45, 2.75) is 64.5 Å². The van der Waals surface area contributed by atoms with Gasteiger partial charge >= 0.3 is 0 Å². The Morgan fingerprint density at radius 2 is 1.94 bits per heavy atom. The van der Waals surface area contributed by atoms with E-state index in [2.05, 4.69) is 31.1 Å². The maximum atomic E-state index is 5.76. The number of nitrogens with one attached hydrogen (secondary N) is 1. The maximum absolute atomic E-state index is 5.76. The quantitative estimate of drug-likeness (QED) is 0.339. The van der Waals surface area contributed by atoms with Crippen molar-refractivity contribution < 1.29 is 4.74 Å². The smallest absolute Gasteiger partial charge is 0.188 e. The highest BCUT2D eigenvalue weighted by atomic mass is 127. The molecule has 0 atom stereocenters. The number of hydrogen-bond donors (Lipinski definition) is 2. The van der Waals surface area contributed by atoms with E-state index in [0.717, 1.165) is 19.6 Å². The number of ether oxygens (including phenoxy) is 1. The molecule has 1 fully saturated rings. The van der Waals surface area contributed by atoms with Crippen LogP contribution in [0.1, 0.15) is 52.9 Å². The number of nitrogens with two attached hydrogens (primary N) is 1. The van der Waals surface area contributed by atoms with Crippen molar-refractivity contribution >= 4 is 29.9 Å². The maximum Gasteiger partial charge on any atom is 0.188 e. The van der Waals surface area contributed by atoms with Crippen molar-refractivity contribution in [2.24, 2.45) is 10.7 Å². The topological polar surface area (TPSA) is 59.6 Å². The number of guanidine groups is 1. The lowest BCUT2D eigenvalue weighted by molar-refractivity contribution is 0.0579. The van der Waals surface area contributed by atoms with Gasteiger partial charge in [-0.1, -0.05) is 12.8 Å². The molecular weight excluding hydrogens is 341 g/mol. The lowest BCUT2D eigenvalue weighted by Gasteiger charge is -2.21. The molecule has 3 N–H and O–H groups in total. The molecule has 1 aliphatic carbocycles. The lowest BCUT2D eigenvalue weighted by Crippen LogP contribution is -2.45. The van der Waals surface area contributed by atoms with Crippen LogP contribution >= 0.6 is 24.0 Å². The van der Waals surface area contributed by atoms with Gasteiger partial charge in [0.05, 0.1) is 6.10 Å². The summed E-state index contributed by atoms with van der Waals surface area (Å²) >= 11 is 0. The minimum atomic E-state index is -0.0199. The molecule has 0 unspecified atom stereocenters. The zero-order valence-electron chi connectivity index (χ0n) is 11.9. The summed E-state index contributed by atoms with van der Waals surface area (Å²) in [7, 11) is 0. The zero-order chi connectivity index (χ0) is 12.7. The van der Waals surface area contributed by atoms with Gasteiger partial charge in [-0.15, -0.1) is 24.0 Å². The first-order valence-corrected chi connectivity index (χ1v) is 6.67. The van der Waals surface area contributed by atoms with Crippen LogP contribution in [0.15, 0.2) is 4.99 Å². The van der Waals surface area contributed by atoms with Crippen molar-refractivity contribution in [3.8, 4) is 0 Å². The lowest BCUT2D eigenvalue weighted by atomic mass is 10.1. The Morgan fingerprint density at radius 1 is 1.33 bits per heavy atom. The third-order valence-corrected chi connectivity index (χ3v) is 2.74. The molecule has 0 saturated heterocycles. The zero-order valence-corrected chi connectivity index (χ0v) is 14.2. The highest BCUT2D eigenvalue weighted by Gasteiger charge is 2.14. The largest absolute Gasteiger partial charge is 0.378 e. The Morgan fingerprint density at radius 3 is 2.50 bits per heavy atom. The molecule has 1 aliphatic rings. The van der Waals surface area contributed by atoms with Crippen LogP contribution in [0, 0.1) is 0 Å². The van der Waals surface area contributed by atoms with E-state index in [1.165, 1.54) is 25.7 Å². The fourth-order valence-corrected chi connectivity index (χ4v) is 1.99. The molecule has 0 aliphatic heterocycles. The molecule has 0 aromatic rings. The Kier molecular flexibility index (Phi) is 8.94. The first kappa shape index (κ1) is 18.0. The molecule has 4 nitrogen and oxygen atoms in total. The third kappa shape index (κ3) is 8.97. The van der Waals surface area contributed by atoms with E-state index in [1.807, 2.05) is 0 Å². The molecule has 0 aromatic carbocycles. The van der Waals surface area contributed by atoms with E-state index < -0.39 is 0 Å². The van der Waals surface area contributed by atoms with Gasteiger partial charge in [-0.05, 0) is 40.0 Å². The standard InChI is InChI=1S/C13H27N3O.HI/c1-13(2,3)16-12(14)15-9-6-10-17-11-7-4-5-8-11;/h11H,4-10H2,1-3H3,(H3,14,15,16);1H. The molecule has 0 aromatic heterocycles. The minimum Gasteiger partial charge on any atom is -0.378 e. The van der Waals surface area contributed by atoms with Gasteiger partial charge < -0.3 is 15.8 Å². The highest BCUT2D eigenvalue weighted by molar-refractivity contribution is 14.0. The first-order valence-electron chi connectivity index (χ1n) is 6.67. The molecule has 5 heteroatoms. The van der Waals surface area contributed by atoms with Gasteiger partial charge in [-0.2, -0.15) is 0 Å². The average Bonchev–Trinajstić information content (AvgIpc) is 2.67.